The van der Waals surface area contributed by atoms with Gasteiger partial charge in [0.25, 0.3) is 5.91 Å². The molecule has 2 rings (SSSR count). The molecule has 24 heavy (non-hydrogen) atoms. The molecule has 0 aliphatic rings. The average Bonchev–Trinajstić information content (AvgIpc) is 2.48. The number of nitrogens with one attached hydrogen (secondary N) is 2. The van der Waals surface area contributed by atoms with Gasteiger partial charge >= 0.3 is 6.09 Å². The van der Waals surface area contributed by atoms with E-state index in [9.17, 15) is 9.59 Å². The Morgan fingerprint density at radius 1 is 0.917 bits per heavy atom. The number of carbonyl (C=O) groups excluding carboxylic acids is 2. The number of aryl methyl sites for hydroxylation is 1. The third kappa shape index (κ3) is 5.12. The van der Waals surface area contributed by atoms with Crippen LogP contribution in [0.5, 0.6) is 0 Å². The maximum atomic E-state index is 12.3. The molecule has 2 aromatic carbocycles. The van der Waals surface area contributed by atoms with Gasteiger partial charge in [-0.15, -0.1) is 0 Å². The third-order valence-corrected chi connectivity index (χ3v) is 3.19. The molecule has 0 radical (unpaired) electrons. The van der Waals surface area contributed by atoms with E-state index in [1.54, 1.807) is 45.0 Å². The topological polar surface area (TPSA) is 67.4 Å². The van der Waals surface area contributed by atoms with Crippen LogP contribution in [-0.4, -0.2) is 17.6 Å². The molecule has 2 N–H and O–H groups in total. The van der Waals surface area contributed by atoms with Crippen LogP contribution >= 0.6 is 0 Å². The highest BCUT2D eigenvalue weighted by atomic mass is 16.6. The summed E-state index contributed by atoms with van der Waals surface area (Å²) >= 11 is 0. The molecule has 5 heteroatoms. The highest BCUT2D eigenvalue weighted by molar-refractivity contribution is 6.05. The molecule has 0 saturated carbocycles. The third-order valence-electron chi connectivity index (χ3n) is 3.19. The first-order valence-corrected chi connectivity index (χ1v) is 7.72. The molecule has 0 heterocycles. The summed E-state index contributed by atoms with van der Waals surface area (Å²) in [6.07, 6.45) is -0.528. The van der Waals surface area contributed by atoms with Gasteiger partial charge in [-0.25, -0.2) is 4.79 Å². The first-order chi connectivity index (χ1) is 11.2. The Morgan fingerprint density at radius 2 is 1.54 bits per heavy atom. The first-order valence-electron chi connectivity index (χ1n) is 7.72. The van der Waals surface area contributed by atoms with Crippen molar-refractivity contribution in [3.8, 4) is 0 Å². The second-order valence-corrected chi connectivity index (χ2v) is 6.47. The number of amides is 2. The summed E-state index contributed by atoms with van der Waals surface area (Å²) in [5, 5.41) is 5.50. The lowest BCUT2D eigenvalue weighted by molar-refractivity contribution is 0.0636. The summed E-state index contributed by atoms with van der Waals surface area (Å²) in [5.41, 5.74) is 2.29. The Bertz CT molecular complexity index is 731. The van der Waals surface area contributed by atoms with Crippen molar-refractivity contribution in [1.29, 1.82) is 0 Å². The van der Waals surface area contributed by atoms with E-state index >= 15 is 0 Å². The van der Waals surface area contributed by atoms with Gasteiger partial charge in [0.15, 0.2) is 0 Å². The molecule has 126 valence electrons. The summed E-state index contributed by atoms with van der Waals surface area (Å²) in [7, 11) is 0. The fourth-order valence-corrected chi connectivity index (χ4v) is 2.03. The molecule has 0 spiro atoms. The van der Waals surface area contributed by atoms with Gasteiger partial charge in [0.05, 0.1) is 0 Å². The highest BCUT2D eigenvalue weighted by Crippen LogP contribution is 2.16. The zero-order valence-electron chi connectivity index (χ0n) is 14.3. The summed E-state index contributed by atoms with van der Waals surface area (Å²) in [5.74, 6) is -0.201. The Balaban J connectivity index is 2.00. The van der Waals surface area contributed by atoms with Crippen LogP contribution in [0.25, 0.3) is 0 Å². The lowest BCUT2D eigenvalue weighted by Crippen LogP contribution is -2.27. The zero-order chi connectivity index (χ0) is 17.7. The van der Waals surface area contributed by atoms with Gasteiger partial charge < -0.3 is 10.1 Å². The molecule has 5 nitrogen and oxygen atoms in total. The van der Waals surface area contributed by atoms with Crippen LogP contribution in [0.4, 0.5) is 16.2 Å². The SMILES string of the molecule is Cc1ccccc1NC(=O)c1ccc(NC(=O)OC(C)(C)C)cc1. The molecule has 0 atom stereocenters. The van der Waals surface area contributed by atoms with Crippen LogP contribution in [0.1, 0.15) is 36.7 Å². The number of anilines is 2. The van der Waals surface area contributed by atoms with Crippen LogP contribution in [-0.2, 0) is 4.74 Å². The summed E-state index contributed by atoms with van der Waals surface area (Å²) in [4.78, 5) is 24.0. The predicted molar refractivity (Wildman–Crippen MR) is 95.4 cm³/mol. The van der Waals surface area contributed by atoms with E-state index in [0.29, 0.717) is 11.3 Å². The second kappa shape index (κ2) is 7.17. The number of benzene rings is 2. The molecule has 0 aliphatic carbocycles. The highest BCUT2D eigenvalue weighted by Gasteiger charge is 2.16. The average molecular weight is 326 g/mol. The minimum atomic E-state index is -0.558. The van der Waals surface area contributed by atoms with Crippen LogP contribution in [0, 0.1) is 6.92 Å². The van der Waals surface area contributed by atoms with Gasteiger partial charge in [-0.05, 0) is 63.6 Å². The van der Waals surface area contributed by atoms with Crippen molar-refractivity contribution < 1.29 is 14.3 Å². The minimum absolute atomic E-state index is 0.201. The first kappa shape index (κ1) is 17.5. The van der Waals surface area contributed by atoms with Gasteiger partial charge in [0.1, 0.15) is 5.60 Å². The van der Waals surface area contributed by atoms with E-state index in [1.165, 1.54) is 0 Å². The van der Waals surface area contributed by atoms with Crippen LogP contribution in [0.15, 0.2) is 48.5 Å². The van der Waals surface area contributed by atoms with Gasteiger partial charge in [0, 0.05) is 16.9 Å². The fourth-order valence-electron chi connectivity index (χ4n) is 2.03. The van der Waals surface area contributed by atoms with Crippen molar-refractivity contribution in [2.24, 2.45) is 0 Å². The predicted octanol–water partition coefficient (Wildman–Crippen LogP) is 4.59. The molecule has 0 aromatic heterocycles. The Hall–Kier alpha value is -2.82. The molecule has 0 unspecified atom stereocenters. The molecular weight excluding hydrogens is 304 g/mol. The Morgan fingerprint density at radius 3 is 2.12 bits per heavy atom. The lowest BCUT2D eigenvalue weighted by atomic mass is 10.1. The molecular formula is C19H22N2O3. The Kier molecular flexibility index (Phi) is 5.24. The normalized spacial score (nSPS) is 10.8. The number of para-hydroxylation sites is 1. The van der Waals surface area contributed by atoms with E-state index < -0.39 is 11.7 Å². The largest absolute Gasteiger partial charge is 0.444 e. The maximum absolute atomic E-state index is 12.3. The quantitative estimate of drug-likeness (QED) is 0.866. The smallest absolute Gasteiger partial charge is 0.412 e. The summed E-state index contributed by atoms with van der Waals surface area (Å²) < 4.78 is 5.18. The van der Waals surface area contributed by atoms with Crippen LogP contribution < -0.4 is 10.6 Å². The monoisotopic (exact) mass is 326 g/mol. The van der Waals surface area contributed by atoms with Crippen LogP contribution in [0.2, 0.25) is 0 Å². The molecule has 0 bridgehead atoms. The van der Waals surface area contributed by atoms with Crippen molar-refractivity contribution in [3.63, 3.8) is 0 Å². The minimum Gasteiger partial charge on any atom is -0.444 e. The maximum Gasteiger partial charge on any atom is 0.412 e. The molecule has 0 fully saturated rings. The van der Waals surface area contributed by atoms with Gasteiger partial charge in [0.2, 0.25) is 0 Å². The van der Waals surface area contributed by atoms with Crippen molar-refractivity contribution in [2.45, 2.75) is 33.3 Å². The van der Waals surface area contributed by atoms with E-state index in [0.717, 1.165) is 11.3 Å². The molecule has 0 aliphatic heterocycles. The van der Waals surface area contributed by atoms with Crippen molar-refractivity contribution in [1.82, 2.24) is 0 Å². The molecule has 2 aromatic rings. The number of hydrogen-bond acceptors (Lipinski definition) is 3. The van der Waals surface area contributed by atoms with E-state index in [2.05, 4.69) is 10.6 Å². The number of ether oxygens (including phenoxy) is 1. The Labute approximate surface area is 142 Å². The number of rotatable bonds is 3. The fraction of sp³-hybridized carbons (Fsp3) is 0.263. The zero-order valence-corrected chi connectivity index (χ0v) is 14.3. The van der Waals surface area contributed by atoms with Gasteiger partial charge in [-0.1, -0.05) is 18.2 Å². The lowest BCUT2D eigenvalue weighted by Gasteiger charge is -2.19. The summed E-state index contributed by atoms with van der Waals surface area (Å²) in [6, 6.07) is 14.2. The molecule has 0 saturated heterocycles. The number of carbonyl (C=O) groups is 2. The molecule has 2 amide bonds. The van der Waals surface area contributed by atoms with Crippen LogP contribution in [0.3, 0.4) is 0 Å². The number of hydrogen-bond donors (Lipinski definition) is 2. The summed E-state index contributed by atoms with van der Waals surface area (Å²) in [6.45, 7) is 7.33. The second-order valence-electron chi connectivity index (χ2n) is 6.47. The van der Waals surface area contributed by atoms with E-state index in [1.807, 2.05) is 31.2 Å². The van der Waals surface area contributed by atoms with Gasteiger partial charge in [-0.3, -0.25) is 10.1 Å². The van der Waals surface area contributed by atoms with Crippen molar-refractivity contribution in [2.75, 3.05) is 10.6 Å². The van der Waals surface area contributed by atoms with E-state index in [4.69, 9.17) is 4.74 Å². The van der Waals surface area contributed by atoms with Gasteiger partial charge in [-0.2, -0.15) is 0 Å². The van der Waals surface area contributed by atoms with Crippen molar-refractivity contribution >= 4 is 23.4 Å². The van der Waals surface area contributed by atoms with E-state index in [-0.39, 0.29) is 5.91 Å². The standard InChI is InChI=1S/C19H22N2O3/c1-13-7-5-6-8-16(13)21-17(22)14-9-11-15(12-10-14)20-18(23)24-19(2,3)4/h5-12H,1-4H3,(H,20,23)(H,21,22). The van der Waals surface area contributed by atoms with Crippen molar-refractivity contribution in [3.05, 3.63) is 59.7 Å².